The SMILES string of the molecule is Cc1cc(CNC(=O)c2cc(S)ccc2F)sc1C. The minimum absolute atomic E-state index is 0.0255. The second kappa shape index (κ2) is 5.75. The maximum Gasteiger partial charge on any atom is 0.254 e. The third-order valence-electron chi connectivity index (χ3n) is 2.83. The highest BCUT2D eigenvalue weighted by atomic mass is 32.1. The Kier molecular flexibility index (Phi) is 4.27. The summed E-state index contributed by atoms with van der Waals surface area (Å²) < 4.78 is 13.5. The van der Waals surface area contributed by atoms with Gasteiger partial charge in [-0.2, -0.15) is 0 Å². The number of hydrogen-bond acceptors (Lipinski definition) is 3. The lowest BCUT2D eigenvalue weighted by Crippen LogP contribution is -2.23. The summed E-state index contributed by atoms with van der Waals surface area (Å²) in [5.41, 5.74) is 1.23. The third-order valence-corrected chi connectivity index (χ3v) is 4.27. The topological polar surface area (TPSA) is 29.1 Å². The van der Waals surface area contributed by atoms with E-state index in [4.69, 9.17) is 0 Å². The molecular formula is C14H14FNOS2. The van der Waals surface area contributed by atoms with Crippen molar-refractivity contribution in [1.29, 1.82) is 0 Å². The third kappa shape index (κ3) is 3.36. The van der Waals surface area contributed by atoms with E-state index in [1.807, 2.05) is 19.9 Å². The fraction of sp³-hybridized carbons (Fsp3) is 0.214. The molecule has 0 saturated heterocycles. The highest BCUT2D eigenvalue weighted by Crippen LogP contribution is 2.20. The highest BCUT2D eigenvalue weighted by Gasteiger charge is 2.12. The van der Waals surface area contributed by atoms with Gasteiger partial charge in [-0.1, -0.05) is 0 Å². The Balaban J connectivity index is 2.07. The van der Waals surface area contributed by atoms with Gasteiger partial charge < -0.3 is 5.32 Å². The van der Waals surface area contributed by atoms with Crippen LogP contribution in [0.25, 0.3) is 0 Å². The molecule has 1 N–H and O–H groups in total. The molecule has 0 saturated carbocycles. The number of halogens is 1. The van der Waals surface area contributed by atoms with E-state index in [0.29, 0.717) is 11.4 Å². The molecule has 0 aliphatic rings. The van der Waals surface area contributed by atoms with Crippen LogP contribution in [0, 0.1) is 19.7 Å². The van der Waals surface area contributed by atoms with Crippen LogP contribution in [0.2, 0.25) is 0 Å². The molecule has 0 unspecified atom stereocenters. The Morgan fingerprint density at radius 1 is 1.37 bits per heavy atom. The molecule has 0 fully saturated rings. The van der Waals surface area contributed by atoms with E-state index in [0.717, 1.165) is 4.88 Å². The van der Waals surface area contributed by atoms with E-state index in [9.17, 15) is 9.18 Å². The Hall–Kier alpha value is -1.33. The second-order valence-corrected chi connectivity index (χ2v) is 6.16. The van der Waals surface area contributed by atoms with Crippen molar-refractivity contribution in [2.75, 3.05) is 0 Å². The maximum atomic E-state index is 13.5. The number of carbonyl (C=O) groups excluding carboxylic acids is 1. The number of carbonyl (C=O) groups is 1. The summed E-state index contributed by atoms with van der Waals surface area (Å²) in [7, 11) is 0. The largest absolute Gasteiger partial charge is 0.347 e. The van der Waals surface area contributed by atoms with Crippen molar-refractivity contribution < 1.29 is 9.18 Å². The van der Waals surface area contributed by atoms with Crippen molar-refractivity contribution in [3.63, 3.8) is 0 Å². The number of rotatable bonds is 3. The molecule has 1 heterocycles. The Morgan fingerprint density at radius 3 is 2.74 bits per heavy atom. The van der Waals surface area contributed by atoms with E-state index in [2.05, 4.69) is 17.9 Å². The molecule has 0 aliphatic heterocycles. The molecule has 0 radical (unpaired) electrons. The molecule has 5 heteroatoms. The predicted molar refractivity (Wildman–Crippen MR) is 78.6 cm³/mol. The molecule has 1 amide bonds. The van der Waals surface area contributed by atoms with Crippen LogP contribution in [0.5, 0.6) is 0 Å². The summed E-state index contributed by atoms with van der Waals surface area (Å²) >= 11 is 5.74. The van der Waals surface area contributed by atoms with E-state index in [1.54, 1.807) is 11.3 Å². The first-order valence-electron chi connectivity index (χ1n) is 5.80. The smallest absolute Gasteiger partial charge is 0.254 e. The summed E-state index contributed by atoms with van der Waals surface area (Å²) in [6.45, 7) is 4.48. The number of thiophene rings is 1. The van der Waals surface area contributed by atoms with Gasteiger partial charge in [-0.3, -0.25) is 4.79 Å². The van der Waals surface area contributed by atoms with Crippen molar-refractivity contribution in [3.05, 3.63) is 51.0 Å². The Labute approximate surface area is 121 Å². The molecule has 0 bridgehead atoms. The van der Waals surface area contributed by atoms with Crippen LogP contribution in [-0.2, 0) is 6.54 Å². The average molecular weight is 295 g/mol. The molecule has 1 aromatic heterocycles. The van der Waals surface area contributed by atoms with Crippen LogP contribution in [0.1, 0.15) is 25.7 Å². The fourth-order valence-electron chi connectivity index (χ4n) is 1.69. The minimum atomic E-state index is -0.533. The number of amides is 1. The average Bonchev–Trinajstić information content (AvgIpc) is 2.69. The summed E-state index contributed by atoms with van der Waals surface area (Å²) in [4.78, 5) is 14.8. The summed E-state index contributed by atoms with van der Waals surface area (Å²) in [6, 6.07) is 6.22. The van der Waals surface area contributed by atoms with Crippen LogP contribution in [-0.4, -0.2) is 5.91 Å². The summed E-state index contributed by atoms with van der Waals surface area (Å²) in [6.07, 6.45) is 0. The zero-order chi connectivity index (χ0) is 14.0. The van der Waals surface area contributed by atoms with Crippen LogP contribution in [0.3, 0.4) is 0 Å². The van der Waals surface area contributed by atoms with Gasteiger partial charge in [0.25, 0.3) is 5.91 Å². The van der Waals surface area contributed by atoms with Crippen LogP contribution >= 0.6 is 24.0 Å². The molecule has 19 heavy (non-hydrogen) atoms. The van der Waals surface area contributed by atoms with Gasteiger partial charge in [-0.05, 0) is 43.7 Å². The quantitative estimate of drug-likeness (QED) is 0.830. The zero-order valence-corrected chi connectivity index (χ0v) is 12.4. The van der Waals surface area contributed by atoms with Crippen molar-refractivity contribution >= 4 is 29.9 Å². The number of hydrogen-bond donors (Lipinski definition) is 2. The molecular weight excluding hydrogens is 281 g/mol. The van der Waals surface area contributed by atoms with Gasteiger partial charge in [-0.25, -0.2) is 4.39 Å². The molecule has 2 nitrogen and oxygen atoms in total. The molecule has 0 spiro atoms. The lowest BCUT2D eigenvalue weighted by atomic mass is 10.2. The number of thiol groups is 1. The van der Waals surface area contributed by atoms with Gasteiger partial charge in [0.05, 0.1) is 12.1 Å². The predicted octanol–water partition coefficient (Wildman–Crippen LogP) is 3.72. The van der Waals surface area contributed by atoms with Crippen molar-refractivity contribution in [1.82, 2.24) is 5.32 Å². The molecule has 2 rings (SSSR count). The van der Waals surface area contributed by atoms with Gasteiger partial charge in [0.1, 0.15) is 5.82 Å². The standard InChI is InChI=1S/C14H14FNOS2/c1-8-5-11(19-9(8)2)7-16-14(17)12-6-10(18)3-4-13(12)15/h3-6,18H,7H2,1-2H3,(H,16,17). The maximum absolute atomic E-state index is 13.5. The molecule has 0 aliphatic carbocycles. The van der Waals surface area contributed by atoms with Gasteiger partial charge in [0.15, 0.2) is 0 Å². The normalized spacial score (nSPS) is 10.5. The van der Waals surface area contributed by atoms with Crippen molar-refractivity contribution in [2.45, 2.75) is 25.3 Å². The van der Waals surface area contributed by atoms with E-state index in [1.165, 1.54) is 28.6 Å². The number of benzene rings is 1. The Morgan fingerprint density at radius 2 is 2.11 bits per heavy atom. The Bertz CT molecular complexity index is 602. The lowest BCUT2D eigenvalue weighted by Gasteiger charge is -2.05. The van der Waals surface area contributed by atoms with E-state index in [-0.39, 0.29) is 5.56 Å². The first-order valence-corrected chi connectivity index (χ1v) is 7.06. The fourth-order valence-corrected chi connectivity index (χ4v) is 2.88. The summed E-state index contributed by atoms with van der Waals surface area (Å²) in [5.74, 6) is -0.953. The first kappa shape index (κ1) is 14.1. The highest BCUT2D eigenvalue weighted by molar-refractivity contribution is 7.80. The number of aryl methyl sites for hydroxylation is 2. The second-order valence-electron chi connectivity index (χ2n) is 4.30. The minimum Gasteiger partial charge on any atom is -0.347 e. The molecule has 100 valence electrons. The van der Waals surface area contributed by atoms with Gasteiger partial charge in [0.2, 0.25) is 0 Å². The van der Waals surface area contributed by atoms with Crippen LogP contribution < -0.4 is 5.32 Å². The van der Waals surface area contributed by atoms with Gasteiger partial charge in [0, 0.05) is 14.6 Å². The van der Waals surface area contributed by atoms with E-state index >= 15 is 0 Å². The number of nitrogens with one attached hydrogen (secondary N) is 1. The van der Waals surface area contributed by atoms with E-state index < -0.39 is 11.7 Å². The molecule has 0 atom stereocenters. The first-order chi connectivity index (χ1) is 8.97. The van der Waals surface area contributed by atoms with Gasteiger partial charge in [-0.15, -0.1) is 24.0 Å². The van der Waals surface area contributed by atoms with Crippen LogP contribution in [0.15, 0.2) is 29.2 Å². The van der Waals surface area contributed by atoms with Crippen LogP contribution in [0.4, 0.5) is 4.39 Å². The van der Waals surface area contributed by atoms with Crippen molar-refractivity contribution in [3.8, 4) is 0 Å². The molecule has 1 aromatic carbocycles. The monoisotopic (exact) mass is 295 g/mol. The van der Waals surface area contributed by atoms with Crippen molar-refractivity contribution in [2.24, 2.45) is 0 Å². The molecule has 2 aromatic rings. The summed E-state index contributed by atoms with van der Waals surface area (Å²) in [5, 5.41) is 2.72. The zero-order valence-electron chi connectivity index (χ0n) is 10.7. The lowest BCUT2D eigenvalue weighted by molar-refractivity contribution is 0.0947. The van der Waals surface area contributed by atoms with Gasteiger partial charge >= 0.3 is 0 Å².